The highest BCUT2D eigenvalue weighted by Crippen LogP contribution is 2.38. The molecule has 3 aromatic heterocycles. The normalized spacial score (nSPS) is 12.8. The quantitative estimate of drug-likeness (QED) is 0.278. The molecule has 0 aliphatic carbocycles. The van der Waals surface area contributed by atoms with E-state index in [1.807, 2.05) is 0 Å². The Bertz CT molecular complexity index is 1550. The van der Waals surface area contributed by atoms with Crippen molar-refractivity contribution in [1.82, 2.24) is 29.7 Å². The molecule has 10 nitrogen and oxygen atoms in total. The number of para-hydroxylation sites is 1. The van der Waals surface area contributed by atoms with Crippen molar-refractivity contribution in [1.29, 1.82) is 0 Å². The number of methoxy groups -OCH3 is 2. The second-order valence-electron chi connectivity index (χ2n) is 8.39. The highest BCUT2D eigenvalue weighted by Gasteiger charge is 2.33. The average molecular weight is 567 g/mol. The van der Waals surface area contributed by atoms with Gasteiger partial charge in [-0.25, -0.2) is 22.8 Å². The van der Waals surface area contributed by atoms with Gasteiger partial charge in [0.25, 0.3) is 0 Å². The van der Waals surface area contributed by atoms with Crippen LogP contribution in [0.1, 0.15) is 24.1 Å². The zero-order chi connectivity index (χ0) is 28.4. The largest absolute Gasteiger partial charge is 0.494 e. The summed E-state index contributed by atoms with van der Waals surface area (Å²) in [4.78, 5) is 11.3. The van der Waals surface area contributed by atoms with Crippen LogP contribution in [0.5, 0.6) is 11.5 Å². The molecule has 1 aromatic carbocycles. The molecule has 15 heteroatoms. The monoisotopic (exact) mass is 566 g/mol. The summed E-state index contributed by atoms with van der Waals surface area (Å²) in [5, 5.41) is 7.05. The summed E-state index contributed by atoms with van der Waals surface area (Å²) in [6, 6.07) is 5.60. The first kappa shape index (κ1) is 27.9. The van der Waals surface area contributed by atoms with Crippen LogP contribution in [0.15, 0.2) is 49.1 Å². The summed E-state index contributed by atoms with van der Waals surface area (Å²) in [5.74, 6) is -0.979. The van der Waals surface area contributed by atoms with Crippen LogP contribution in [-0.2, 0) is 28.2 Å². The molecule has 4 aromatic rings. The fourth-order valence-electron chi connectivity index (χ4n) is 3.75. The van der Waals surface area contributed by atoms with E-state index in [1.54, 1.807) is 18.2 Å². The van der Waals surface area contributed by atoms with Gasteiger partial charge in [0.1, 0.15) is 28.8 Å². The molecule has 0 saturated heterocycles. The third-order valence-corrected chi connectivity index (χ3v) is 7.82. The van der Waals surface area contributed by atoms with E-state index in [4.69, 9.17) is 9.47 Å². The minimum atomic E-state index is -4.68. The zero-order valence-electron chi connectivity index (χ0n) is 20.8. The van der Waals surface area contributed by atoms with Gasteiger partial charge >= 0.3 is 6.18 Å². The average Bonchev–Trinajstić information content (AvgIpc) is 3.31. The lowest BCUT2D eigenvalue weighted by molar-refractivity contribution is -0.137. The summed E-state index contributed by atoms with van der Waals surface area (Å²) in [6.45, 7) is 1.43. The summed E-state index contributed by atoms with van der Waals surface area (Å²) >= 11 is 0. The third kappa shape index (κ3) is 5.97. The number of rotatable bonds is 9. The lowest BCUT2D eigenvalue weighted by atomic mass is 10.1. The molecule has 0 amide bonds. The smallest absolute Gasteiger partial charge is 0.417 e. The molecule has 0 aliphatic heterocycles. The van der Waals surface area contributed by atoms with Crippen LogP contribution in [0, 0.1) is 5.82 Å². The van der Waals surface area contributed by atoms with Crippen molar-refractivity contribution in [2.75, 3.05) is 14.2 Å². The van der Waals surface area contributed by atoms with Gasteiger partial charge in [-0.1, -0.05) is 6.07 Å². The second-order valence-corrected chi connectivity index (χ2v) is 10.8. The highest BCUT2D eigenvalue weighted by molar-refractivity contribution is 7.91. The van der Waals surface area contributed by atoms with E-state index in [-0.39, 0.29) is 46.6 Å². The maximum atomic E-state index is 13.4. The van der Waals surface area contributed by atoms with Gasteiger partial charge in [-0.15, -0.1) is 10.2 Å². The van der Waals surface area contributed by atoms with Crippen LogP contribution in [-0.4, -0.2) is 57.6 Å². The van der Waals surface area contributed by atoms with E-state index in [0.717, 1.165) is 24.7 Å². The van der Waals surface area contributed by atoms with Crippen molar-refractivity contribution in [3.63, 3.8) is 0 Å². The van der Waals surface area contributed by atoms with E-state index in [0.29, 0.717) is 6.20 Å². The number of hydrogen-bond donors (Lipinski definition) is 0. The summed E-state index contributed by atoms with van der Waals surface area (Å²) in [5.41, 5.74) is -0.912. The molecule has 0 saturated carbocycles. The first-order chi connectivity index (χ1) is 18.4. The first-order valence-electron chi connectivity index (χ1n) is 11.3. The SMILES string of the molecule is COc1cccc(OC)c1-n1c(CS(=O)(=O)[C@@H](C)Cc2ncc(F)cn2)nnc1-c1cncc(C(F)(F)F)c1. The summed E-state index contributed by atoms with van der Waals surface area (Å²) in [7, 11) is -1.23. The molecule has 0 spiro atoms. The number of alkyl halides is 3. The van der Waals surface area contributed by atoms with Gasteiger partial charge in [-0.2, -0.15) is 13.2 Å². The number of benzene rings is 1. The molecule has 3 heterocycles. The molecule has 4 rings (SSSR count). The summed E-state index contributed by atoms with van der Waals surface area (Å²) < 4.78 is 92.3. The minimum Gasteiger partial charge on any atom is -0.494 e. The molecule has 0 bridgehead atoms. The number of nitrogens with zero attached hydrogens (tertiary/aromatic N) is 6. The Morgan fingerprint density at radius 1 is 1.00 bits per heavy atom. The molecule has 0 N–H and O–H groups in total. The first-order valence-corrected chi connectivity index (χ1v) is 13.0. The van der Waals surface area contributed by atoms with Crippen LogP contribution in [0.3, 0.4) is 0 Å². The fourth-order valence-corrected chi connectivity index (χ4v) is 4.99. The maximum absolute atomic E-state index is 13.4. The molecule has 0 aliphatic rings. The third-order valence-electron chi connectivity index (χ3n) is 5.77. The molecule has 1 atom stereocenters. The molecule has 0 radical (unpaired) electrons. The van der Waals surface area contributed by atoms with Gasteiger partial charge < -0.3 is 9.47 Å². The number of halogens is 4. The molecule has 206 valence electrons. The fraction of sp³-hybridized carbons (Fsp3) is 0.292. The lowest BCUT2D eigenvalue weighted by Crippen LogP contribution is -2.24. The van der Waals surface area contributed by atoms with Crippen molar-refractivity contribution in [3.8, 4) is 28.6 Å². The predicted octanol–water partition coefficient (Wildman–Crippen LogP) is 3.84. The Hall–Kier alpha value is -4.14. The minimum absolute atomic E-state index is 0.0679. The zero-order valence-corrected chi connectivity index (χ0v) is 21.7. The van der Waals surface area contributed by atoms with Crippen LogP contribution < -0.4 is 9.47 Å². The molecular formula is C24H22F4N6O4S. The topological polar surface area (TPSA) is 122 Å². The summed E-state index contributed by atoms with van der Waals surface area (Å²) in [6.07, 6.45) is -1.11. The molecule has 39 heavy (non-hydrogen) atoms. The van der Waals surface area contributed by atoms with Crippen LogP contribution >= 0.6 is 0 Å². The van der Waals surface area contributed by atoms with E-state index < -0.39 is 38.4 Å². The molecule has 0 fully saturated rings. The number of pyridine rings is 1. The lowest BCUT2D eigenvalue weighted by Gasteiger charge is -2.18. The van der Waals surface area contributed by atoms with Gasteiger partial charge in [-0.3, -0.25) is 9.55 Å². The Labute approximate surface area is 220 Å². The number of aromatic nitrogens is 6. The van der Waals surface area contributed by atoms with Gasteiger partial charge in [0, 0.05) is 24.4 Å². The van der Waals surface area contributed by atoms with E-state index in [9.17, 15) is 26.0 Å². The van der Waals surface area contributed by atoms with E-state index in [1.165, 1.54) is 25.7 Å². The second kappa shape index (κ2) is 10.9. The van der Waals surface area contributed by atoms with Crippen molar-refractivity contribution in [2.24, 2.45) is 0 Å². The number of hydrogen-bond acceptors (Lipinski definition) is 9. The standard InChI is InChI=1S/C24H22F4N6O4S/c1-14(7-20-30-11-17(25)12-31-20)39(35,36)13-21-32-33-23(15-8-16(10-29-9-15)24(26,27)28)34(21)22-18(37-2)5-4-6-19(22)38-3/h4-6,8-12,14H,7,13H2,1-3H3/t14-/m0/s1. The van der Waals surface area contributed by atoms with Gasteiger partial charge in [-0.05, 0) is 25.1 Å². The Morgan fingerprint density at radius 3 is 2.23 bits per heavy atom. The van der Waals surface area contributed by atoms with Crippen molar-refractivity contribution in [2.45, 2.75) is 30.5 Å². The van der Waals surface area contributed by atoms with Crippen molar-refractivity contribution >= 4 is 9.84 Å². The van der Waals surface area contributed by atoms with Gasteiger partial charge in [0.2, 0.25) is 0 Å². The van der Waals surface area contributed by atoms with Crippen molar-refractivity contribution < 1.29 is 35.5 Å². The Kier molecular flexibility index (Phi) is 7.81. The van der Waals surface area contributed by atoms with E-state index in [2.05, 4.69) is 25.1 Å². The van der Waals surface area contributed by atoms with E-state index >= 15 is 0 Å². The maximum Gasteiger partial charge on any atom is 0.417 e. The van der Waals surface area contributed by atoms with Gasteiger partial charge in [0.05, 0.1) is 37.4 Å². The molecular weight excluding hydrogens is 544 g/mol. The Balaban J connectivity index is 1.84. The van der Waals surface area contributed by atoms with Crippen LogP contribution in [0.4, 0.5) is 17.6 Å². The van der Waals surface area contributed by atoms with Gasteiger partial charge in [0.15, 0.2) is 27.3 Å². The number of ether oxygens (including phenoxy) is 2. The molecule has 0 unspecified atom stereocenters. The number of sulfone groups is 1. The van der Waals surface area contributed by atoms with Crippen LogP contribution in [0.2, 0.25) is 0 Å². The highest BCUT2D eigenvalue weighted by atomic mass is 32.2. The Morgan fingerprint density at radius 2 is 1.64 bits per heavy atom. The van der Waals surface area contributed by atoms with Crippen LogP contribution in [0.25, 0.3) is 17.1 Å². The predicted molar refractivity (Wildman–Crippen MR) is 130 cm³/mol. The van der Waals surface area contributed by atoms with Crippen molar-refractivity contribution in [3.05, 3.63) is 72.1 Å².